The molecule has 16 heavy (non-hydrogen) atoms. The van der Waals surface area contributed by atoms with E-state index in [1.54, 1.807) is 13.8 Å². The number of aryl methyl sites for hydroxylation is 1. The van der Waals surface area contributed by atoms with Gasteiger partial charge >= 0.3 is 6.18 Å². The molecular weight excluding hydrogens is 219 g/mol. The van der Waals surface area contributed by atoms with Crippen LogP contribution in [-0.4, -0.2) is 11.3 Å². The van der Waals surface area contributed by atoms with Gasteiger partial charge in [-0.05, 0) is 18.9 Å². The van der Waals surface area contributed by atoms with Crippen molar-refractivity contribution in [3.8, 4) is 0 Å². The molecule has 0 aromatic carbocycles. The Bertz CT molecular complexity index is 410. The predicted molar refractivity (Wildman–Crippen MR) is 53.5 cm³/mol. The summed E-state index contributed by atoms with van der Waals surface area (Å²) >= 11 is 0. The molecule has 2 nitrogen and oxygen atoms in total. The Kier molecular flexibility index (Phi) is 3.35. The molecule has 1 rings (SSSR count). The fraction of sp³-hybridized carbons (Fsp3) is 0.455. The highest BCUT2D eigenvalue weighted by Crippen LogP contribution is 2.34. The lowest BCUT2D eigenvalue weighted by Crippen LogP contribution is -2.14. The minimum atomic E-state index is -4.52. The van der Waals surface area contributed by atoms with E-state index in [9.17, 15) is 18.0 Å². The maximum Gasteiger partial charge on any atom is 0.417 e. The number of aromatic nitrogens is 1. The van der Waals surface area contributed by atoms with Crippen LogP contribution < -0.4 is 0 Å². The summed E-state index contributed by atoms with van der Waals surface area (Å²) in [5, 5.41) is 0. The van der Waals surface area contributed by atoms with Crippen LogP contribution in [0.25, 0.3) is 0 Å². The Hall–Kier alpha value is -1.39. The molecule has 1 heterocycles. The zero-order valence-corrected chi connectivity index (χ0v) is 9.22. The van der Waals surface area contributed by atoms with E-state index in [2.05, 4.69) is 4.98 Å². The second kappa shape index (κ2) is 4.23. The highest BCUT2D eigenvalue weighted by atomic mass is 19.4. The molecule has 0 aliphatic rings. The molecule has 0 radical (unpaired) electrons. The third-order valence-electron chi connectivity index (χ3n) is 2.19. The van der Waals surface area contributed by atoms with Gasteiger partial charge in [-0.2, -0.15) is 13.2 Å². The summed E-state index contributed by atoms with van der Waals surface area (Å²) in [6.07, 6.45) is -4.29. The lowest BCUT2D eigenvalue weighted by atomic mass is 9.99. The van der Waals surface area contributed by atoms with Gasteiger partial charge in [-0.3, -0.25) is 9.78 Å². The van der Waals surface area contributed by atoms with Crippen molar-refractivity contribution < 1.29 is 18.0 Å². The van der Waals surface area contributed by atoms with Crippen LogP contribution in [0, 0.1) is 6.92 Å². The summed E-state index contributed by atoms with van der Waals surface area (Å²) in [4.78, 5) is 14.8. The lowest BCUT2D eigenvalue weighted by Gasteiger charge is -2.15. The van der Waals surface area contributed by atoms with Gasteiger partial charge in [-0.1, -0.05) is 13.8 Å². The second-order valence-electron chi connectivity index (χ2n) is 3.88. The number of pyridine rings is 1. The van der Waals surface area contributed by atoms with Crippen molar-refractivity contribution in [3.05, 3.63) is 28.6 Å². The van der Waals surface area contributed by atoms with E-state index in [0.29, 0.717) is 0 Å². The minimum absolute atomic E-state index is 0.197. The van der Waals surface area contributed by atoms with E-state index in [-0.39, 0.29) is 29.2 Å². The molecule has 0 spiro atoms. The van der Waals surface area contributed by atoms with Crippen molar-refractivity contribution in [2.75, 3.05) is 0 Å². The SMILES string of the molecule is Cc1cc(C(F)(F)F)c(C=O)c(C(C)C)n1. The maximum absolute atomic E-state index is 12.7. The Labute approximate surface area is 91.5 Å². The summed E-state index contributed by atoms with van der Waals surface area (Å²) in [5.41, 5.74) is -0.796. The minimum Gasteiger partial charge on any atom is -0.298 e. The normalized spacial score (nSPS) is 11.9. The Balaban J connectivity index is 3.55. The highest BCUT2D eigenvalue weighted by Gasteiger charge is 2.35. The van der Waals surface area contributed by atoms with Crippen LogP contribution in [0.1, 0.15) is 47.1 Å². The Morgan fingerprint density at radius 1 is 1.38 bits per heavy atom. The number of nitrogens with zero attached hydrogens (tertiary/aromatic N) is 1. The topological polar surface area (TPSA) is 30.0 Å². The number of carbonyl (C=O) groups is 1. The fourth-order valence-corrected chi connectivity index (χ4v) is 1.51. The van der Waals surface area contributed by atoms with Gasteiger partial charge in [0.2, 0.25) is 0 Å². The van der Waals surface area contributed by atoms with Crippen LogP contribution in [0.4, 0.5) is 13.2 Å². The maximum atomic E-state index is 12.7. The summed E-state index contributed by atoms with van der Waals surface area (Å²) < 4.78 is 38.0. The molecular formula is C11H12F3NO. The van der Waals surface area contributed by atoms with Crippen LogP contribution in [0.2, 0.25) is 0 Å². The quantitative estimate of drug-likeness (QED) is 0.730. The van der Waals surface area contributed by atoms with Crippen LogP contribution in [-0.2, 0) is 6.18 Å². The van der Waals surface area contributed by atoms with Crippen molar-refractivity contribution in [1.82, 2.24) is 4.98 Å². The van der Waals surface area contributed by atoms with Crippen molar-refractivity contribution in [2.45, 2.75) is 32.9 Å². The van der Waals surface area contributed by atoms with E-state index < -0.39 is 11.7 Å². The average molecular weight is 231 g/mol. The Morgan fingerprint density at radius 3 is 2.31 bits per heavy atom. The lowest BCUT2D eigenvalue weighted by molar-refractivity contribution is -0.138. The van der Waals surface area contributed by atoms with Crippen LogP contribution >= 0.6 is 0 Å². The van der Waals surface area contributed by atoms with Crippen LogP contribution in [0.5, 0.6) is 0 Å². The first-order valence-corrected chi connectivity index (χ1v) is 4.81. The van der Waals surface area contributed by atoms with Gasteiger partial charge in [0.1, 0.15) is 0 Å². The van der Waals surface area contributed by atoms with Gasteiger partial charge in [0.25, 0.3) is 0 Å². The molecule has 0 atom stereocenters. The number of carbonyl (C=O) groups excluding carboxylic acids is 1. The van der Waals surface area contributed by atoms with Crippen LogP contribution in [0.15, 0.2) is 6.07 Å². The molecule has 0 aliphatic heterocycles. The number of aldehydes is 1. The summed E-state index contributed by atoms with van der Waals surface area (Å²) in [7, 11) is 0. The monoisotopic (exact) mass is 231 g/mol. The number of halogens is 3. The molecule has 1 aromatic rings. The molecule has 0 fully saturated rings. The van der Waals surface area contributed by atoms with Crippen molar-refractivity contribution in [2.24, 2.45) is 0 Å². The molecule has 1 aromatic heterocycles. The largest absolute Gasteiger partial charge is 0.417 e. The first-order valence-electron chi connectivity index (χ1n) is 4.81. The third-order valence-corrected chi connectivity index (χ3v) is 2.19. The molecule has 88 valence electrons. The van der Waals surface area contributed by atoms with E-state index in [0.717, 1.165) is 6.07 Å². The fourth-order valence-electron chi connectivity index (χ4n) is 1.51. The zero-order valence-electron chi connectivity index (χ0n) is 9.22. The van der Waals surface area contributed by atoms with E-state index in [1.807, 2.05) is 0 Å². The first kappa shape index (κ1) is 12.7. The molecule has 0 unspecified atom stereocenters. The number of hydrogen-bond donors (Lipinski definition) is 0. The van der Waals surface area contributed by atoms with Gasteiger partial charge in [-0.15, -0.1) is 0 Å². The molecule has 0 amide bonds. The van der Waals surface area contributed by atoms with Crippen molar-refractivity contribution >= 4 is 6.29 Å². The van der Waals surface area contributed by atoms with Gasteiger partial charge in [-0.25, -0.2) is 0 Å². The molecule has 0 aliphatic carbocycles. The number of alkyl halides is 3. The summed E-state index contributed by atoms with van der Waals surface area (Å²) in [6.45, 7) is 4.89. The van der Waals surface area contributed by atoms with Gasteiger partial charge in [0.15, 0.2) is 6.29 Å². The smallest absolute Gasteiger partial charge is 0.298 e. The second-order valence-corrected chi connectivity index (χ2v) is 3.88. The van der Waals surface area contributed by atoms with Crippen LogP contribution in [0.3, 0.4) is 0 Å². The summed E-state index contributed by atoms with van der Waals surface area (Å²) in [5.74, 6) is -0.221. The van der Waals surface area contributed by atoms with Gasteiger partial charge in [0, 0.05) is 11.3 Å². The van der Waals surface area contributed by atoms with E-state index in [1.165, 1.54) is 6.92 Å². The predicted octanol–water partition coefficient (Wildman–Crippen LogP) is 3.34. The molecule has 0 saturated carbocycles. The Morgan fingerprint density at radius 2 is 1.94 bits per heavy atom. The highest BCUT2D eigenvalue weighted by molar-refractivity contribution is 5.79. The number of rotatable bonds is 2. The van der Waals surface area contributed by atoms with E-state index >= 15 is 0 Å². The molecule has 5 heteroatoms. The molecule has 0 saturated heterocycles. The third kappa shape index (κ3) is 2.40. The standard InChI is InChI=1S/C11H12F3NO/c1-6(2)10-8(5-16)9(11(12,13)14)4-7(3)15-10/h4-6H,1-3H3. The van der Waals surface area contributed by atoms with Crippen molar-refractivity contribution in [3.63, 3.8) is 0 Å². The summed E-state index contributed by atoms with van der Waals surface area (Å²) in [6, 6.07) is 0.898. The van der Waals surface area contributed by atoms with Crippen molar-refractivity contribution in [1.29, 1.82) is 0 Å². The number of hydrogen-bond acceptors (Lipinski definition) is 2. The van der Waals surface area contributed by atoms with E-state index in [4.69, 9.17) is 0 Å². The first-order chi connectivity index (χ1) is 7.27. The van der Waals surface area contributed by atoms with Gasteiger partial charge in [0.05, 0.1) is 11.3 Å². The molecule has 0 bridgehead atoms. The van der Waals surface area contributed by atoms with Gasteiger partial charge < -0.3 is 0 Å². The molecule has 0 N–H and O–H groups in total. The zero-order chi connectivity index (χ0) is 12.5. The average Bonchev–Trinajstić information content (AvgIpc) is 2.14.